The van der Waals surface area contributed by atoms with Crippen molar-refractivity contribution in [1.29, 1.82) is 0 Å². The van der Waals surface area contributed by atoms with E-state index in [1.807, 2.05) is 0 Å². The topological polar surface area (TPSA) is 110 Å². The number of ether oxygens (including phenoxy) is 1. The summed E-state index contributed by atoms with van der Waals surface area (Å²) in [5.41, 5.74) is 5.28. The largest absolute Gasteiger partial charge is 0.452 e. The lowest BCUT2D eigenvalue weighted by Crippen LogP contribution is -2.32. The van der Waals surface area contributed by atoms with Crippen LogP contribution in [0.1, 0.15) is 6.42 Å². The van der Waals surface area contributed by atoms with Crippen LogP contribution in [0.4, 0.5) is 0 Å². The van der Waals surface area contributed by atoms with Crippen LogP contribution in [-0.2, 0) is 14.1 Å². The maximum Gasteiger partial charge on any atom is 0.362 e. The number of esters is 1. The predicted octanol–water partition coefficient (Wildman–Crippen LogP) is -0.688. The highest BCUT2D eigenvalue weighted by atomic mass is 32.1. The summed E-state index contributed by atoms with van der Waals surface area (Å²) >= 11 is 3.84. The molecule has 1 atom stereocenters. The molecule has 8 heteroatoms. The van der Waals surface area contributed by atoms with Crippen molar-refractivity contribution in [2.24, 2.45) is 5.73 Å². The number of carbonyl (C=O) groups is 1. The van der Waals surface area contributed by atoms with Crippen LogP contribution in [0.5, 0.6) is 0 Å². The highest BCUT2D eigenvalue weighted by Gasteiger charge is 2.20. The quantitative estimate of drug-likeness (QED) is 0.282. The molecule has 0 aromatic rings. The molecule has 0 bridgehead atoms. The van der Waals surface area contributed by atoms with Gasteiger partial charge in [0.2, 0.25) is 0 Å². The van der Waals surface area contributed by atoms with Crippen molar-refractivity contribution in [3.05, 3.63) is 0 Å². The van der Waals surface area contributed by atoms with E-state index in [-0.39, 0.29) is 0 Å². The highest BCUT2D eigenvalue weighted by Crippen LogP contribution is 2.33. The first-order valence-corrected chi connectivity index (χ1v) is 5.87. The minimum Gasteiger partial charge on any atom is -0.452 e. The van der Waals surface area contributed by atoms with Crippen molar-refractivity contribution in [2.75, 3.05) is 12.1 Å². The number of rotatable bonds is 5. The van der Waals surface area contributed by atoms with Crippen LogP contribution in [0.2, 0.25) is 0 Å². The zero-order valence-electron chi connectivity index (χ0n) is 6.79. The molecule has 0 radical (unpaired) electrons. The first-order chi connectivity index (χ1) is 5.87. The van der Waals surface area contributed by atoms with Gasteiger partial charge in [0.25, 0.3) is 0 Å². The predicted molar refractivity (Wildman–Crippen MR) is 49.4 cm³/mol. The van der Waals surface area contributed by atoms with Gasteiger partial charge in [0, 0.05) is 0 Å². The lowest BCUT2D eigenvalue weighted by atomic mass is 10.2. The average molecular weight is 229 g/mol. The molecule has 0 saturated carbocycles. The van der Waals surface area contributed by atoms with Crippen LogP contribution >= 0.6 is 20.2 Å². The van der Waals surface area contributed by atoms with Gasteiger partial charge < -0.3 is 20.3 Å². The Morgan fingerprint density at radius 1 is 1.62 bits per heavy atom. The Hall–Kier alpha value is -0.0700. The van der Waals surface area contributed by atoms with Gasteiger partial charge in [0.15, 0.2) is 6.35 Å². The van der Waals surface area contributed by atoms with Crippen molar-refractivity contribution in [3.8, 4) is 0 Å². The lowest BCUT2D eigenvalue weighted by molar-refractivity contribution is -0.143. The summed E-state index contributed by atoms with van der Waals surface area (Å²) in [6.07, 6.45) is -0.616. The number of nitrogens with two attached hydrogens (primary N) is 1. The van der Waals surface area contributed by atoms with E-state index in [0.717, 1.165) is 0 Å². The van der Waals surface area contributed by atoms with Crippen LogP contribution in [0.15, 0.2) is 0 Å². The molecule has 0 aromatic carbocycles. The summed E-state index contributed by atoms with van der Waals surface area (Å²) in [4.78, 5) is 27.6. The molecule has 0 fully saturated rings. The van der Waals surface area contributed by atoms with Crippen LogP contribution in [0, 0.1) is 0 Å². The fourth-order valence-electron chi connectivity index (χ4n) is 0.512. The van der Waals surface area contributed by atoms with E-state index >= 15 is 0 Å². The normalized spacial score (nSPS) is 13.8. The smallest absolute Gasteiger partial charge is 0.362 e. The molecule has 0 aromatic heterocycles. The SMILES string of the molecule is N[C@H](CCS)C(=O)OCP(=O)(O)O. The average Bonchev–Trinajstić information content (AvgIpc) is 1.99. The second-order valence-electron chi connectivity index (χ2n) is 2.38. The molecule has 0 aliphatic carbocycles. The molecule has 0 heterocycles. The Labute approximate surface area is 81.0 Å². The molecular weight excluding hydrogens is 217 g/mol. The Morgan fingerprint density at radius 3 is 2.54 bits per heavy atom. The minimum atomic E-state index is -4.30. The second-order valence-corrected chi connectivity index (χ2v) is 4.41. The van der Waals surface area contributed by atoms with E-state index in [4.69, 9.17) is 15.5 Å². The van der Waals surface area contributed by atoms with E-state index in [1.165, 1.54) is 0 Å². The third kappa shape index (κ3) is 7.04. The molecule has 6 nitrogen and oxygen atoms in total. The molecule has 13 heavy (non-hydrogen) atoms. The standard InChI is InChI=1S/C5H12NO5PS/c6-4(1-2-13)5(7)11-3-12(8,9)10/h4,13H,1-3,6H2,(H2,8,9,10)/t4-/m1/s1. The maximum atomic E-state index is 10.9. The fraction of sp³-hybridized carbons (Fsp3) is 0.800. The number of hydrogen-bond donors (Lipinski definition) is 4. The van der Waals surface area contributed by atoms with Crippen molar-refractivity contribution in [3.63, 3.8) is 0 Å². The Kier molecular flexibility index (Phi) is 5.59. The monoisotopic (exact) mass is 229 g/mol. The lowest BCUT2D eigenvalue weighted by Gasteiger charge is -2.10. The minimum absolute atomic E-state index is 0.309. The summed E-state index contributed by atoms with van der Waals surface area (Å²) in [5.74, 6) is -0.413. The van der Waals surface area contributed by atoms with Crippen LogP contribution < -0.4 is 5.73 Å². The van der Waals surface area contributed by atoms with Crippen LogP contribution in [-0.4, -0.2) is 33.9 Å². The highest BCUT2D eigenvalue weighted by molar-refractivity contribution is 7.80. The van der Waals surface area contributed by atoms with E-state index in [1.54, 1.807) is 0 Å². The Balaban J connectivity index is 3.81. The second kappa shape index (κ2) is 5.62. The van der Waals surface area contributed by atoms with Crippen molar-refractivity contribution in [2.45, 2.75) is 12.5 Å². The van der Waals surface area contributed by atoms with Gasteiger partial charge >= 0.3 is 13.6 Å². The fourth-order valence-corrected chi connectivity index (χ4v) is 1.09. The summed E-state index contributed by atoms with van der Waals surface area (Å²) < 4.78 is 14.5. The number of thiol groups is 1. The maximum absolute atomic E-state index is 10.9. The third-order valence-electron chi connectivity index (χ3n) is 1.12. The van der Waals surface area contributed by atoms with Gasteiger partial charge in [-0.3, -0.25) is 9.36 Å². The molecule has 0 amide bonds. The van der Waals surface area contributed by atoms with Crippen molar-refractivity contribution >= 4 is 26.2 Å². The molecule has 0 spiro atoms. The van der Waals surface area contributed by atoms with Crippen LogP contribution in [0.3, 0.4) is 0 Å². The van der Waals surface area contributed by atoms with E-state index < -0.39 is 26.0 Å². The van der Waals surface area contributed by atoms with E-state index in [2.05, 4.69) is 17.4 Å². The van der Waals surface area contributed by atoms with Gasteiger partial charge in [-0.2, -0.15) is 12.6 Å². The summed E-state index contributed by atoms with van der Waals surface area (Å²) in [6.45, 7) is 0. The molecule has 0 rings (SSSR count). The first kappa shape index (κ1) is 12.9. The number of carbonyl (C=O) groups excluding carboxylic acids is 1. The molecule has 0 aliphatic heterocycles. The summed E-state index contributed by atoms with van der Waals surface area (Å²) in [7, 11) is -4.30. The van der Waals surface area contributed by atoms with E-state index in [9.17, 15) is 9.36 Å². The van der Waals surface area contributed by atoms with Gasteiger partial charge in [-0.05, 0) is 12.2 Å². The van der Waals surface area contributed by atoms with Gasteiger partial charge in [0.1, 0.15) is 6.04 Å². The Morgan fingerprint density at radius 2 is 2.15 bits per heavy atom. The molecule has 0 unspecified atom stereocenters. The van der Waals surface area contributed by atoms with Gasteiger partial charge in [-0.1, -0.05) is 0 Å². The van der Waals surface area contributed by atoms with Gasteiger partial charge in [-0.25, -0.2) is 0 Å². The molecular formula is C5H12NO5PS. The van der Waals surface area contributed by atoms with Crippen molar-refractivity contribution < 1.29 is 23.9 Å². The summed E-state index contributed by atoms with van der Waals surface area (Å²) in [6, 6.07) is -0.871. The number of hydrogen-bond acceptors (Lipinski definition) is 5. The van der Waals surface area contributed by atoms with Gasteiger partial charge in [0.05, 0.1) is 0 Å². The summed E-state index contributed by atoms with van der Waals surface area (Å²) in [5, 5.41) is 0. The molecule has 0 aliphatic rings. The molecule has 78 valence electrons. The zero-order chi connectivity index (χ0) is 10.5. The zero-order valence-corrected chi connectivity index (χ0v) is 8.58. The van der Waals surface area contributed by atoms with Crippen molar-refractivity contribution in [1.82, 2.24) is 0 Å². The van der Waals surface area contributed by atoms with Crippen LogP contribution in [0.25, 0.3) is 0 Å². The molecule has 0 saturated heterocycles. The first-order valence-electron chi connectivity index (χ1n) is 3.44. The molecule has 4 N–H and O–H groups in total. The van der Waals surface area contributed by atoms with Gasteiger partial charge in [-0.15, -0.1) is 0 Å². The Bertz CT molecular complexity index is 217. The van der Waals surface area contributed by atoms with E-state index in [0.29, 0.717) is 12.2 Å². The third-order valence-corrected chi connectivity index (χ3v) is 1.84.